The number of hydrogen-bond acceptors (Lipinski definition) is 6. The van der Waals surface area contributed by atoms with Gasteiger partial charge in [0.1, 0.15) is 0 Å². The van der Waals surface area contributed by atoms with Crippen molar-refractivity contribution in [3.8, 4) is 0 Å². The van der Waals surface area contributed by atoms with Crippen molar-refractivity contribution in [3.63, 3.8) is 0 Å². The van der Waals surface area contributed by atoms with Crippen molar-refractivity contribution in [2.45, 2.75) is 26.3 Å². The van der Waals surface area contributed by atoms with Gasteiger partial charge in [-0.2, -0.15) is 0 Å². The lowest BCUT2D eigenvalue weighted by Crippen LogP contribution is -2.29. The average molecular weight is 459 g/mol. The van der Waals surface area contributed by atoms with Gasteiger partial charge in [-0.1, -0.05) is 43.4 Å². The van der Waals surface area contributed by atoms with E-state index in [4.69, 9.17) is 4.98 Å². The minimum absolute atomic E-state index is 0.00527. The Labute approximate surface area is 195 Å². The number of anilines is 1. The van der Waals surface area contributed by atoms with Gasteiger partial charge in [0, 0.05) is 24.4 Å². The van der Waals surface area contributed by atoms with E-state index < -0.39 is 4.92 Å². The third kappa shape index (κ3) is 5.12. The van der Waals surface area contributed by atoms with Gasteiger partial charge < -0.3 is 0 Å². The van der Waals surface area contributed by atoms with E-state index in [9.17, 15) is 14.9 Å². The van der Waals surface area contributed by atoms with Crippen molar-refractivity contribution in [2.75, 3.05) is 4.90 Å². The minimum Gasteiger partial charge on any atom is -0.278 e. The van der Waals surface area contributed by atoms with Crippen molar-refractivity contribution in [1.82, 2.24) is 9.97 Å². The number of rotatable bonds is 7. The first kappa shape index (κ1) is 22.3. The molecule has 2 heterocycles. The number of para-hydroxylation sites is 1. The molecule has 166 valence electrons. The van der Waals surface area contributed by atoms with Crippen molar-refractivity contribution < 1.29 is 9.72 Å². The highest BCUT2D eigenvalue weighted by Gasteiger charge is 2.20. The molecule has 0 aliphatic rings. The van der Waals surface area contributed by atoms with Crippen LogP contribution in [0.5, 0.6) is 0 Å². The molecule has 2 aromatic heterocycles. The van der Waals surface area contributed by atoms with E-state index >= 15 is 0 Å². The normalized spacial score (nSPS) is 11.4. The molecule has 0 unspecified atom stereocenters. The van der Waals surface area contributed by atoms with Crippen LogP contribution in [0.25, 0.3) is 16.3 Å². The minimum atomic E-state index is -0.453. The summed E-state index contributed by atoms with van der Waals surface area (Å²) in [5.74, 6) is 0.0646. The second-order valence-electron chi connectivity index (χ2n) is 7.77. The van der Waals surface area contributed by atoms with Crippen LogP contribution in [0.15, 0.2) is 72.9 Å². The van der Waals surface area contributed by atoms with Gasteiger partial charge in [0.25, 0.3) is 11.6 Å². The molecule has 0 fully saturated rings. The molecule has 0 aliphatic heterocycles. The topological polar surface area (TPSA) is 89.2 Å². The molecule has 7 nitrogen and oxygen atoms in total. The Morgan fingerprint density at radius 2 is 1.91 bits per heavy atom. The number of nitrogens with zero attached hydrogens (tertiary/aromatic N) is 4. The fourth-order valence-corrected chi connectivity index (χ4v) is 4.40. The van der Waals surface area contributed by atoms with Gasteiger partial charge in [0.15, 0.2) is 5.13 Å². The Kier molecular flexibility index (Phi) is 6.55. The summed E-state index contributed by atoms with van der Waals surface area (Å²) in [7, 11) is 0. The Hall–Kier alpha value is -3.91. The van der Waals surface area contributed by atoms with E-state index in [0.29, 0.717) is 16.6 Å². The van der Waals surface area contributed by atoms with E-state index in [1.165, 1.54) is 29.5 Å². The fraction of sp³-hybridized carbons (Fsp3) is 0.160. The number of carbonyl (C=O) groups is 1. The van der Waals surface area contributed by atoms with Gasteiger partial charge in [-0.15, -0.1) is 0 Å². The largest absolute Gasteiger partial charge is 0.278 e. The molecule has 0 aliphatic carbocycles. The van der Waals surface area contributed by atoms with Crippen LogP contribution in [0.2, 0.25) is 0 Å². The molecule has 8 heteroatoms. The zero-order chi connectivity index (χ0) is 23.4. The number of carbonyl (C=O) groups excluding carboxylic acids is 1. The average Bonchev–Trinajstić information content (AvgIpc) is 3.25. The number of non-ortho nitro benzene ring substituents is 1. The van der Waals surface area contributed by atoms with Crippen LogP contribution in [-0.2, 0) is 11.3 Å². The highest BCUT2D eigenvalue weighted by Crippen LogP contribution is 2.34. The first-order valence-corrected chi connectivity index (χ1v) is 11.3. The molecule has 0 atom stereocenters. The van der Waals surface area contributed by atoms with Crippen LogP contribution in [0.4, 0.5) is 10.8 Å². The van der Waals surface area contributed by atoms with Crippen molar-refractivity contribution >= 4 is 44.4 Å². The van der Waals surface area contributed by atoms with E-state index in [2.05, 4.69) is 24.9 Å². The molecule has 0 bridgehead atoms. The maximum absolute atomic E-state index is 13.3. The highest BCUT2D eigenvalue weighted by atomic mass is 32.1. The van der Waals surface area contributed by atoms with Gasteiger partial charge in [-0.05, 0) is 53.5 Å². The Bertz CT molecular complexity index is 1310. The molecule has 0 saturated carbocycles. The van der Waals surface area contributed by atoms with E-state index in [1.54, 1.807) is 29.3 Å². The maximum atomic E-state index is 13.3. The molecular formula is C25H22N4O3S. The number of nitro groups is 1. The predicted molar refractivity (Wildman–Crippen MR) is 131 cm³/mol. The van der Waals surface area contributed by atoms with Crippen molar-refractivity contribution in [3.05, 3.63) is 99.9 Å². The lowest BCUT2D eigenvalue weighted by molar-refractivity contribution is -0.384. The van der Waals surface area contributed by atoms with Crippen LogP contribution in [0.3, 0.4) is 0 Å². The number of aromatic nitrogens is 2. The van der Waals surface area contributed by atoms with E-state index in [-0.39, 0.29) is 18.1 Å². The summed E-state index contributed by atoms with van der Waals surface area (Å²) in [6.07, 6.45) is 4.80. The summed E-state index contributed by atoms with van der Waals surface area (Å²) in [5.41, 5.74) is 3.49. The van der Waals surface area contributed by atoms with E-state index in [0.717, 1.165) is 21.5 Å². The van der Waals surface area contributed by atoms with E-state index in [1.807, 2.05) is 30.3 Å². The van der Waals surface area contributed by atoms with Crippen LogP contribution < -0.4 is 4.90 Å². The van der Waals surface area contributed by atoms with Gasteiger partial charge in [0.05, 0.1) is 27.4 Å². The number of nitro benzene ring substituents is 1. The SMILES string of the molecule is CC(C)c1cccc2sc(N(Cc3ccccn3)C(=O)/C=C/c3ccc([N+](=O)[O-])cc3)nc12. The molecule has 0 saturated heterocycles. The molecule has 4 rings (SSSR count). The highest BCUT2D eigenvalue weighted by molar-refractivity contribution is 7.22. The molecule has 2 aromatic carbocycles. The lowest BCUT2D eigenvalue weighted by Gasteiger charge is -2.17. The smallest absolute Gasteiger partial charge is 0.269 e. The Balaban J connectivity index is 1.67. The molecule has 0 N–H and O–H groups in total. The number of thiazole rings is 1. The first-order valence-electron chi connectivity index (χ1n) is 10.5. The van der Waals surface area contributed by atoms with Gasteiger partial charge >= 0.3 is 0 Å². The molecule has 0 spiro atoms. The number of pyridine rings is 1. The van der Waals surface area contributed by atoms with Crippen molar-refractivity contribution in [2.24, 2.45) is 0 Å². The van der Waals surface area contributed by atoms with Gasteiger partial charge in [-0.25, -0.2) is 4.98 Å². The number of hydrogen-bond donors (Lipinski definition) is 0. The Morgan fingerprint density at radius 1 is 1.12 bits per heavy atom. The second-order valence-corrected chi connectivity index (χ2v) is 8.78. The van der Waals surface area contributed by atoms with Crippen LogP contribution in [-0.4, -0.2) is 20.8 Å². The zero-order valence-electron chi connectivity index (χ0n) is 18.2. The monoisotopic (exact) mass is 458 g/mol. The Morgan fingerprint density at radius 3 is 2.58 bits per heavy atom. The number of fused-ring (bicyclic) bond motifs is 1. The molecule has 4 aromatic rings. The summed E-state index contributed by atoms with van der Waals surface area (Å²) in [6.45, 7) is 4.52. The summed E-state index contributed by atoms with van der Waals surface area (Å²) in [6, 6.07) is 17.7. The van der Waals surface area contributed by atoms with Crippen molar-refractivity contribution in [1.29, 1.82) is 0 Å². The lowest BCUT2D eigenvalue weighted by atomic mass is 10.0. The van der Waals surface area contributed by atoms with Gasteiger partial charge in [0.2, 0.25) is 0 Å². The second kappa shape index (κ2) is 9.70. The van der Waals surface area contributed by atoms with Crippen LogP contribution in [0, 0.1) is 10.1 Å². The summed E-state index contributed by atoms with van der Waals surface area (Å²) >= 11 is 1.47. The first-order chi connectivity index (χ1) is 15.9. The molecule has 0 radical (unpaired) electrons. The number of amides is 1. The number of benzene rings is 2. The molecule has 1 amide bonds. The third-order valence-electron chi connectivity index (χ3n) is 5.13. The molecular weight excluding hydrogens is 436 g/mol. The predicted octanol–water partition coefficient (Wildman–Crippen LogP) is 5.97. The van der Waals surface area contributed by atoms with Crippen LogP contribution >= 0.6 is 11.3 Å². The molecule has 33 heavy (non-hydrogen) atoms. The van der Waals surface area contributed by atoms with Crippen LogP contribution in [0.1, 0.15) is 36.6 Å². The zero-order valence-corrected chi connectivity index (χ0v) is 19.0. The summed E-state index contributed by atoms with van der Waals surface area (Å²) in [5, 5.41) is 11.5. The summed E-state index contributed by atoms with van der Waals surface area (Å²) in [4.78, 5) is 34.5. The third-order valence-corrected chi connectivity index (χ3v) is 6.17. The van der Waals surface area contributed by atoms with Gasteiger partial charge in [-0.3, -0.25) is 24.8 Å². The standard InChI is InChI=1S/C25H22N4O3S/c1-17(2)21-7-5-8-22-24(21)27-25(33-22)28(16-19-6-3-4-15-26-19)23(30)14-11-18-9-12-20(13-10-18)29(31)32/h3-15,17H,16H2,1-2H3/b14-11+. The summed E-state index contributed by atoms with van der Waals surface area (Å²) < 4.78 is 1.02. The maximum Gasteiger partial charge on any atom is 0.269 e. The quantitative estimate of drug-likeness (QED) is 0.193. The fourth-order valence-electron chi connectivity index (χ4n) is 3.40.